The minimum atomic E-state index is -0.417. The van der Waals surface area contributed by atoms with E-state index in [-0.39, 0.29) is 17.6 Å². The monoisotopic (exact) mass is 410 g/mol. The molecule has 0 radical (unpaired) electrons. The van der Waals surface area contributed by atoms with Gasteiger partial charge in [0.2, 0.25) is 0 Å². The van der Waals surface area contributed by atoms with Crippen molar-refractivity contribution in [2.24, 2.45) is 5.92 Å². The maximum absolute atomic E-state index is 12.4. The summed E-state index contributed by atoms with van der Waals surface area (Å²) in [6, 6.07) is 8.39. The average Bonchev–Trinajstić information content (AvgIpc) is 2.99. The highest BCUT2D eigenvalue weighted by Gasteiger charge is 2.32. The third-order valence-corrected chi connectivity index (χ3v) is 5.14. The van der Waals surface area contributed by atoms with Gasteiger partial charge in [-0.3, -0.25) is 19.3 Å². The zero-order valence-electron chi connectivity index (χ0n) is 17.9. The predicted octanol–water partition coefficient (Wildman–Crippen LogP) is 4.54. The van der Waals surface area contributed by atoms with Crippen molar-refractivity contribution >= 4 is 17.6 Å². The van der Waals surface area contributed by atoms with E-state index in [0.29, 0.717) is 30.1 Å². The minimum Gasteiger partial charge on any atom is -0.451 e. The van der Waals surface area contributed by atoms with Crippen molar-refractivity contribution in [1.29, 1.82) is 5.26 Å². The molecule has 0 aliphatic carbocycles. The van der Waals surface area contributed by atoms with Crippen LogP contribution in [-0.4, -0.2) is 29.0 Å². The summed E-state index contributed by atoms with van der Waals surface area (Å²) in [5.74, 6) is 0.133. The van der Waals surface area contributed by atoms with Crippen molar-refractivity contribution in [2.45, 2.75) is 65.2 Å². The third-order valence-electron chi connectivity index (χ3n) is 5.14. The molecule has 2 rings (SSSR count). The quantitative estimate of drug-likeness (QED) is 0.352. The first kappa shape index (κ1) is 23.3. The summed E-state index contributed by atoms with van der Waals surface area (Å²) in [6.07, 6.45) is 8.91. The van der Waals surface area contributed by atoms with Crippen LogP contribution < -0.4 is 4.74 Å². The molecule has 1 aliphatic heterocycles. The molecular formula is C24H30N2O4. The number of Topliss-reactive ketones (excluding diaryl/α,β-unsaturated/α-hetero) is 1. The van der Waals surface area contributed by atoms with Gasteiger partial charge in [-0.1, -0.05) is 46.0 Å². The van der Waals surface area contributed by atoms with Gasteiger partial charge in [-0.05, 0) is 37.1 Å². The number of imide groups is 1. The third kappa shape index (κ3) is 7.14. The molecule has 0 aromatic heterocycles. The number of ketones is 1. The minimum absolute atomic E-state index is 0.0145. The summed E-state index contributed by atoms with van der Waals surface area (Å²) in [4.78, 5) is 37.3. The van der Waals surface area contributed by atoms with Crippen LogP contribution in [0.5, 0.6) is 5.75 Å². The van der Waals surface area contributed by atoms with Crippen LogP contribution in [0.15, 0.2) is 36.1 Å². The van der Waals surface area contributed by atoms with E-state index in [4.69, 9.17) is 10.00 Å². The fourth-order valence-corrected chi connectivity index (χ4v) is 3.24. The second kappa shape index (κ2) is 11.9. The van der Waals surface area contributed by atoms with Gasteiger partial charge < -0.3 is 4.74 Å². The van der Waals surface area contributed by atoms with E-state index in [2.05, 4.69) is 0 Å². The Bertz CT molecular complexity index is 819. The largest absolute Gasteiger partial charge is 0.451 e. The summed E-state index contributed by atoms with van der Waals surface area (Å²) < 4.78 is 5.52. The normalized spacial score (nSPS) is 13.5. The highest BCUT2D eigenvalue weighted by molar-refractivity contribution is 6.15. The first-order valence-electron chi connectivity index (χ1n) is 10.7. The van der Waals surface area contributed by atoms with Gasteiger partial charge in [0, 0.05) is 18.9 Å². The van der Waals surface area contributed by atoms with E-state index in [1.165, 1.54) is 11.0 Å². The second-order valence-corrected chi connectivity index (χ2v) is 7.89. The SMILES string of the molecule is CC(C)C(=O)CCCCCCCCCN1C(=O)C=C(Oc2ccc(C#N)cc2)C1=O. The Morgan fingerprint density at radius 3 is 2.20 bits per heavy atom. The fourth-order valence-electron chi connectivity index (χ4n) is 3.24. The molecule has 0 N–H and O–H groups in total. The topological polar surface area (TPSA) is 87.5 Å². The molecule has 6 nitrogen and oxygen atoms in total. The highest BCUT2D eigenvalue weighted by Crippen LogP contribution is 2.20. The van der Waals surface area contributed by atoms with Crippen molar-refractivity contribution in [2.75, 3.05) is 6.54 Å². The van der Waals surface area contributed by atoms with E-state index in [0.717, 1.165) is 44.9 Å². The lowest BCUT2D eigenvalue weighted by molar-refractivity contribution is -0.138. The Kier molecular flexibility index (Phi) is 9.27. The lowest BCUT2D eigenvalue weighted by atomic mass is 10.0. The van der Waals surface area contributed by atoms with Crippen LogP contribution in [0.3, 0.4) is 0 Å². The molecule has 2 amide bonds. The Morgan fingerprint density at radius 2 is 1.60 bits per heavy atom. The van der Waals surface area contributed by atoms with Crippen LogP contribution in [0.1, 0.15) is 70.8 Å². The van der Waals surface area contributed by atoms with Gasteiger partial charge in [-0.15, -0.1) is 0 Å². The van der Waals surface area contributed by atoms with E-state index < -0.39 is 5.91 Å². The van der Waals surface area contributed by atoms with Crippen molar-refractivity contribution in [3.63, 3.8) is 0 Å². The van der Waals surface area contributed by atoms with Crippen molar-refractivity contribution in [3.8, 4) is 11.8 Å². The number of carbonyl (C=O) groups is 3. The maximum atomic E-state index is 12.4. The lowest BCUT2D eigenvalue weighted by Crippen LogP contribution is -2.32. The Labute approximate surface area is 178 Å². The smallest absolute Gasteiger partial charge is 0.296 e. The molecule has 0 saturated carbocycles. The first-order valence-corrected chi connectivity index (χ1v) is 10.7. The number of hydrogen-bond donors (Lipinski definition) is 0. The Morgan fingerprint density at radius 1 is 1.00 bits per heavy atom. The molecule has 160 valence electrons. The summed E-state index contributed by atoms with van der Waals surface area (Å²) in [7, 11) is 0. The number of ether oxygens (including phenoxy) is 1. The molecule has 0 spiro atoms. The zero-order valence-corrected chi connectivity index (χ0v) is 17.9. The van der Waals surface area contributed by atoms with Crippen molar-refractivity contribution in [1.82, 2.24) is 4.90 Å². The Hall–Kier alpha value is -2.94. The van der Waals surface area contributed by atoms with Gasteiger partial charge in [-0.25, -0.2) is 0 Å². The van der Waals surface area contributed by atoms with E-state index >= 15 is 0 Å². The molecule has 1 aromatic rings. The van der Waals surface area contributed by atoms with Crippen molar-refractivity contribution in [3.05, 3.63) is 41.7 Å². The summed E-state index contributed by atoms with van der Waals surface area (Å²) >= 11 is 0. The van der Waals surface area contributed by atoms with Crippen LogP contribution in [0.4, 0.5) is 0 Å². The molecule has 1 aromatic carbocycles. The molecule has 0 bridgehead atoms. The molecule has 30 heavy (non-hydrogen) atoms. The maximum Gasteiger partial charge on any atom is 0.296 e. The van der Waals surface area contributed by atoms with Gasteiger partial charge in [0.05, 0.1) is 17.7 Å². The number of unbranched alkanes of at least 4 members (excludes halogenated alkanes) is 6. The molecule has 1 aliphatic rings. The molecule has 1 heterocycles. The summed E-state index contributed by atoms with van der Waals surface area (Å²) in [5.41, 5.74) is 0.496. The van der Waals surface area contributed by atoms with Gasteiger partial charge in [0.25, 0.3) is 11.8 Å². The number of carbonyl (C=O) groups excluding carboxylic acids is 3. The van der Waals surface area contributed by atoms with Crippen LogP contribution in [-0.2, 0) is 14.4 Å². The molecular weight excluding hydrogens is 380 g/mol. The van der Waals surface area contributed by atoms with Gasteiger partial charge >= 0.3 is 0 Å². The van der Waals surface area contributed by atoms with E-state index in [1.807, 2.05) is 19.9 Å². The number of hydrogen-bond acceptors (Lipinski definition) is 5. The number of rotatable bonds is 13. The van der Waals surface area contributed by atoms with Crippen LogP contribution in [0, 0.1) is 17.2 Å². The molecule has 0 fully saturated rings. The van der Waals surface area contributed by atoms with E-state index in [1.54, 1.807) is 24.3 Å². The zero-order chi connectivity index (χ0) is 21.9. The van der Waals surface area contributed by atoms with Gasteiger partial charge in [0.15, 0.2) is 5.76 Å². The second-order valence-electron chi connectivity index (χ2n) is 7.89. The molecule has 0 saturated heterocycles. The van der Waals surface area contributed by atoms with Gasteiger partial charge in [0.1, 0.15) is 11.5 Å². The fraction of sp³-hybridized carbons (Fsp3) is 0.500. The van der Waals surface area contributed by atoms with Crippen molar-refractivity contribution < 1.29 is 19.1 Å². The summed E-state index contributed by atoms with van der Waals surface area (Å²) in [5, 5.41) is 8.82. The molecule has 0 unspecified atom stereocenters. The molecule has 6 heteroatoms. The van der Waals surface area contributed by atoms with Crippen LogP contribution in [0.25, 0.3) is 0 Å². The Balaban J connectivity index is 1.61. The number of nitrogens with zero attached hydrogens (tertiary/aromatic N) is 2. The number of amides is 2. The number of benzene rings is 1. The van der Waals surface area contributed by atoms with E-state index in [9.17, 15) is 14.4 Å². The highest BCUT2D eigenvalue weighted by atomic mass is 16.5. The molecule has 0 atom stereocenters. The average molecular weight is 411 g/mol. The van der Waals surface area contributed by atoms with Gasteiger partial charge in [-0.2, -0.15) is 5.26 Å². The lowest BCUT2D eigenvalue weighted by Gasteiger charge is -2.14. The summed E-state index contributed by atoms with van der Waals surface area (Å²) in [6.45, 7) is 4.27. The number of nitriles is 1. The standard InChI is InChI=1S/C24H30N2O4/c1-18(2)21(27)10-8-6-4-3-5-7-9-15-26-23(28)16-22(24(26)29)30-20-13-11-19(17-25)12-14-20/h11-14,16,18H,3-10,15H2,1-2H3. The predicted molar refractivity (Wildman–Crippen MR) is 113 cm³/mol. The first-order chi connectivity index (χ1) is 14.4. The van der Waals surface area contributed by atoms with Crippen LogP contribution >= 0.6 is 0 Å². The van der Waals surface area contributed by atoms with Crippen LogP contribution in [0.2, 0.25) is 0 Å².